The number of carbonyl (C=O) groups is 2. The van der Waals surface area contributed by atoms with Crippen molar-refractivity contribution in [2.45, 2.75) is 32.0 Å². The van der Waals surface area contributed by atoms with Crippen LogP contribution < -0.4 is 5.11 Å². The highest BCUT2D eigenvalue weighted by molar-refractivity contribution is 5.71. The van der Waals surface area contributed by atoms with Crippen molar-refractivity contribution in [3.63, 3.8) is 0 Å². The first kappa shape index (κ1) is 15.9. The highest BCUT2D eigenvalue weighted by atomic mass is 16.5. The summed E-state index contributed by atoms with van der Waals surface area (Å²) in [4.78, 5) is 21.9. The number of quaternary nitrogens is 1. The van der Waals surface area contributed by atoms with Gasteiger partial charge < -0.3 is 24.2 Å². The molecule has 0 fully saturated rings. The largest absolute Gasteiger partial charge is 0.550 e. The first-order valence-corrected chi connectivity index (χ1v) is 5.48. The number of carboxylic acids is 1. The molecule has 6 nitrogen and oxygen atoms in total. The third-order valence-electron chi connectivity index (χ3n) is 1.91. The van der Waals surface area contributed by atoms with Crippen LogP contribution in [0.2, 0.25) is 0 Å². The number of aliphatic carboxylic acids is 1. The number of esters is 1. The van der Waals surface area contributed by atoms with Crippen LogP contribution in [0, 0.1) is 0 Å². The second kappa shape index (κ2) is 6.56. The van der Waals surface area contributed by atoms with Gasteiger partial charge in [-0.3, -0.25) is 4.79 Å². The van der Waals surface area contributed by atoms with Gasteiger partial charge in [0.1, 0.15) is 6.54 Å². The van der Waals surface area contributed by atoms with Gasteiger partial charge in [-0.15, -0.1) is 0 Å². The molecule has 0 saturated carbocycles. The first-order valence-electron chi connectivity index (χ1n) is 5.48. The van der Waals surface area contributed by atoms with Crippen LogP contribution in [0.1, 0.15) is 19.8 Å². The molecule has 1 N–H and O–H groups in total. The van der Waals surface area contributed by atoms with Gasteiger partial charge in [0.25, 0.3) is 0 Å². The van der Waals surface area contributed by atoms with Crippen molar-refractivity contribution >= 4 is 11.9 Å². The first-order chi connectivity index (χ1) is 7.60. The van der Waals surface area contributed by atoms with Crippen LogP contribution in [0.4, 0.5) is 0 Å². The Hall–Kier alpha value is -1.14. The summed E-state index contributed by atoms with van der Waals surface area (Å²) in [5.74, 6) is -1.85. The average Bonchev–Trinajstić information content (AvgIpc) is 1.95. The Morgan fingerprint density at radius 2 is 1.82 bits per heavy atom. The predicted molar refractivity (Wildman–Crippen MR) is 58.7 cm³/mol. The van der Waals surface area contributed by atoms with Crippen molar-refractivity contribution in [2.75, 3.05) is 27.7 Å². The van der Waals surface area contributed by atoms with Crippen molar-refractivity contribution < 1.29 is 29.0 Å². The van der Waals surface area contributed by atoms with E-state index < -0.39 is 24.1 Å². The molecule has 0 aromatic carbocycles. The van der Waals surface area contributed by atoms with Crippen LogP contribution in [-0.2, 0) is 14.3 Å². The summed E-state index contributed by atoms with van der Waals surface area (Å²) in [7, 11) is 5.60. The molecule has 0 saturated heterocycles. The van der Waals surface area contributed by atoms with E-state index in [-0.39, 0.29) is 12.8 Å². The van der Waals surface area contributed by atoms with Gasteiger partial charge in [0.2, 0.25) is 0 Å². The standard InChI is InChI=1S/C11H21NO5/c1-8(13)5-11(16)17-9(6-10(14)15)7-12(2,3)4/h8-9,13H,5-7H2,1-4H3/t8?,9-/m0/s1. The predicted octanol–water partition coefficient (Wildman–Crippen LogP) is -1.48. The zero-order valence-corrected chi connectivity index (χ0v) is 10.8. The minimum atomic E-state index is -1.26. The van der Waals surface area contributed by atoms with Crippen LogP contribution >= 0.6 is 0 Å². The Morgan fingerprint density at radius 1 is 1.29 bits per heavy atom. The molecule has 0 aromatic heterocycles. The number of carboxylic acid groups (broad SMARTS) is 1. The lowest BCUT2D eigenvalue weighted by Gasteiger charge is -2.29. The second-order valence-electron chi connectivity index (χ2n) is 5.21. The molecule has 0 aliphatic heterocycles. The number of hydrogen-bond acceptors (Lipinski definition) is 5. The highest BCUT2D eigenvalue weighted by Gasteiger charge is 2.22. The van der Waals surface area contributed by atoms with E-state index in [1.807, 2.05) is 21.1 Å². The summed E-state index contributed by atoms with van der Waals surface area (Å²) in [6.07, 6.45) is -2.00. The Labute approximate surface area is 101 Å². The van der Waals surface area contributed by atoms with Crippen molar-refractivity contribution in [1.29, 1.82) is 0 Å². The number of carbonyl (C=O) groups excluding carboxylic acids is 2. The monoisotopic (exact) mass is 247 g/mol. The summed E-state index contributed by atoms with van der Waals surface area (Å²) in [5.41, 5.74) is 0. The smallest absolute Gasteiger partial charge is 0.308 e. The lowest BCUT2D eigenvalue weighted by molar-refractivity contribution is -0.873. The van der Waals surface area contributed by atoms with Gasteiger partial charge in [0.15, 0.2) is 6.10 Å². The quantitative estimate of drug-likeness (QED) is 0.438. The average molecular weight is 247 g/mol. The van der Waals surface area contributed by atoms with Crippen LogP contribution in [0.3, 0.4) is 0 Å². The van der Waals surface area contributed by atoms with Crippen LogP contribution in [0.5, 0.6) is 0 Å². The summed E-state index contributed by atoms with van der Waals surface area (Å²) < 4.78 is 5.48. The fourth-order valence-corrected chi connectivity index (χ4v) is 1.42. The summed E-state index contributed by atoms with van der Waals surface area (Å²) in [5, 5.41) is 19.6. The molecule has 0 rings (SSSR count). The molecule has 0 spiro atoms. The lowest BCUT2D eigenvalue weighted by atomic mass is 10.2. The molecule has 1 unspecified atom stereocenters. The highest BCUT2D eigenvalue weighted by Crippen LogP contribution is 2.06. The van der Waals surface area contributed by atoms with Gasteiger partial charge in [-0.05, 0) is 6.92 Å². The topological polar surface area (TPSA) is 86.7 Å². The molecule has 0 radical (unpaired) electrons. The molecule has 6 heteroatoms. The Morgan fingerprint density at radius 3 is 2.18 bits per heavy atom. The molecule has 0 aromatic rings. The number of aliphatic hydroxyl groups excluding tert-OH is 1. The molecular formula is C11H21NO5. The van der Waals surface area contributed by atoms with E-state index >= 15 is 0 Å². The molecule has 0 amide bonds. The molecule has 0 heterocycles. The van der Waals surface area contributed by atoms with E-state index in [2.05, 4.69) is 0 Å². The maximum atomic E-state index is 11.3. The van der Waals surface area contributed by atoms with E-state index in [9.17, 15) is 14.7 Å². The van der Waals surface area contributed by atoms with E-state index in [1.54, 1.807) is 0 Å². The molecule has 100 valence electrons. The SMILES string of the molecule is CC(O)CC(=O)O[C@@H](CC(=O)[O-])C[N+](C)(C)C. The number of likely N-dealkylation sites (N-methyl/N-ethyl adjacent to an activating group) is 1. The minimum absolute atomic E-state index is 0.138. The zero-order valence-electron chi connectivity index (χ0n) is 10.8. The zero-order chi connectivity index (χ0) is 13.6. The van der Waals surface area contributed by atoms with Gasteiger partial charge in [-0.25, -0.2) is 0 Å². The van der Waals surface area contributed by atoms with E-state index in [1.165, 1.54) is 6.92 Å². The van der Waals surface area contributed by atoms with Gasteiger partial charge >= 0.3 is 5.97 Å². The molecule has 0 bridgehead atoms. The number of aliphatic hydroxyl groups is 1. The Bertz CT molecular complexity index is 270. The lowest BCUT2D eigenvalue weighted by Crippen LogP contribution is -2.45. The maximum Gasteiger partial charge on any atom is 0.308 e. The van der Waals surface area contributed by atoms with Crippen LogP contribution in [-0.4, -0.2) is 61.4 Å². The maximum absolute atomic E-state index is 11.3. The molecular weight excluding hydrogens is 226 g/mol. The van der Waals surface area contributed by atoms with Crippen LogP contribution in [0.15, 0.2) is 0 Å². The van der Waals surface area contributed by atoms with Crippen molar-refractivity contribution in [2.24, 2.45) is 0 Å². The van der Waals surface area contributed by atoms with E-state index in [4.69, 9.17) is 9.84 Å². The summed E-state index contributed by atoms with van der Waals surface area (Å²) >= 11 is 0. The number of rotatable bonds is 7. The van der Waals surface area contributed by atoms with Crippen molar-refractivity contribution in [3.8, 4) is 0 Å². The van der Waals surface area contributed by atoms with Crippen molar-refractivity contribution in [3.05, 3.63) is 0 Å². The van der Waals surface area contributed by atoms with Gasteiger partial charge in [-0.2, -0.15) is 0 Å². The van der Waals surface area contributed by atoms with E-state index in [0.717, 1.165) is 0 Å². The third kappa shape index (κ3) is 9.77. The number of nitrogens with zero attached hydrogens (tertiary/aromatic N) is 1. The fraction of sp³-hybridized carbons (Fsp3) is 0.818. The molecule has 0 aliphatic carbocycles. The van der Waals surface area contributed by atoms with Crippen LogP contribution in [0.25, 0.3) is 0 Å². The number of ether oxygens (including phenoxy) is 1. The minimum Gasteiger partial charge on any atom is -0.550 e. The van der Waals surface area contributed by atoms with Gasteiger partial charge in [0.05, 0.1) is 33.7 Å². The molecule has 2 atom stereocenters. The molecule has 0 aliphatic rings. The Kier molecular flexibility index (Phi) is 6.12. The van der Waals surface area contributed by atoms with E-state index in [0.29, 0.717) is 11.0 Å². The second-order valence-corrected chi connectivity index (χ2v) is 5.21. The summed E-state index contributed by atoms with van der Waals surface area (Å²) in [6.45, 7) is 1.84. The normalized spacial score (nSPS) is 15.1. The van der Waals surface area contributed by atoms with Gasteiger partial charge in [-0.1, -0.05) is 0 Å². The molecule has 17 heavy (non-hydrogen) atoms. The Balaban J connectivity index is 4.38. The van der Waals surface area contributed by atoms with Crippen molar-refractivity contribution in [1.82, 2.24) is 0 Å². The van der Waals surface area contributed by atoms with Gasteiger partial charge in [0, 0.05) is 12.4 Å². The third-order valence-corrected chi connectivity index (χ3v) is 1.91. The summed E-state index contributed by atoms with van der Waals surface area (Å²) in [6, 6.07) is 0. The number of hydrogen-bond donors (Lipinski definition) is 1. The fourth-order valence-electron chi connectivity index (χ4n) is 1.42.